The summed E-state index contributed by atoms with van der Waals surface area (Å²) in [5.74, 6) is 1.01. The third-order valence-electron chi connectivity index (χ3n) is 6.26. The molecule has 0 amide bonds. The van der Waals surface area contributed by atoms with Crippen molar-refractivity contribution in [1.29, 1.82) is 0 Å². The molecule has 0 aliphatic carbocycles. The summed E-state index contributed by atoms with van der Waals surface area (Å²) in [4.78, 5) is 2.53. The maximum Gasteiger partial charge on any atom is 0.0771 e. The Bertz CT molecular complexity index is 619. The SMILES string of the molecule is CC(O)(C(c1ccccc1)c1ccccc1)C1CN2CCC1CC2. The van der Waals surface area contributed by atoms with Crippen LogP contribution in [0.4, 0.5) is 0 Å². The number of hydrogen-bond donors (Lipinski definition) is 1. The van der Waals surface area contributed by atoms with Gasteiger partial charge in [0.2, 0.25) is 0 Å². The molecule has 2 unspecified atom stereocenters. The van der Waals surface area contributed by atoms with Gasteiger partial charge in [0.1, 0.15) is 0 Å². The zero-order valence-electron chi connectivity index (χ0n) is 14.4. The van der Waals surface area contributed by atoms with Crippen molar-refractivity contribution >= 4 is 0 Å². The Kier molecular flexibility index (Phi) is 4.19. The second-order valence-corrected chi connectivity index (χ2v) is 7.72. The van der Waals surface area contributed by atoms with Crippen LogP contribution in [-0.4, -0.2) is 35.2 Å². The van der Waals surface area contributed by atoms with Gasteiger partial charge in [-0.15, -0.1) is 0 Å². The van der Waals surface area contributed by atoms with E-state index in [-0.39, 0.29) is 5.92 Å². The van der Waals surface area contributed by atoms with Gasteiger partial charge in [-0.25, -0.2) is 0 Å². The summed E-state index contributed by atoms with van der Waals surface area (Å²) >= 11 is 0. The first-order valence-electron chi connectivity index (χ1n) is 9.21. The number of rotatable bonds is 4. The van der Waals surface area contributed by atoms with Gasteiger partial charge >= 0.3 is 0 Å². The van der Waals surface area contributed by atoms with Crippen LogP contribution in [0.1, 0.15) is 36.8 Å². The molecule has 2 heteroatoms. The average Bonchev–Trinajstić information content (AvgIpc) is 2.64. The lowest BCUT2D eigenvalue weighted by atomic mass is 9.63. The lowest BCUT2D eigenvalue weighted by Gasteiger charge is -2.52. The Morgan fingerprint density at radius 2 is 1.42 bits per heavy atom. The van der Waals surface area contributed by atoms with Crippen molar-refractivity contribution in [1.82, 2.24) is 4.90 Å². The fourth-order valence-electron chi connectivity index (χ4n) is 5.00. The van der Waals surface area contributed by atoms with Gasteiger partial charge in [-0.2, -0.15) is 0 Å². The molecule has 2 atom stereocenters. The minimum Gasteiger partial charge on any atom is -0.389 e. The smallest absolute Gasteiger partial charge is 0.0771 e. The third-order valence-corrected chi connectivity index (χ3v) is 6.26. The highest BCUT2D eigenvalue weighted by Gasteiger charge is 2.48. The van der Waals surface area contributed by atoms with Crippen LogP contribution in [0.15, 0.2) is 60.7 Å². The van der Waals surface area contributed by atoms with E-state index in [1.165, 1.54) is 37.1 Å². The molecule has 2 aromatic carbocycles. The first-order chi connectivity index (χ1) is 11.7. The van der Waals surface area contributed by atoms with Gasteiger partial charge in [-0.05, 0) is 49.9 Å². The average molecular weight is 321 g/mol. The van der Waals surface area contributed by atoms with Gasteiger partial charge in [0.25, 0.3) is 0 Å². The normalized spacial score (nSPS) is 28.7. The fraction of sp³-hybridized carbons (Fsp3) is 0.455. The molecule has 24 heavy (non-hydrogen) atoms. The summed E-state index contributed by atoms with van der Waals surface area (Å²) in [5, 5.41) is 11.8. The fourth-order valence-corrected chi connectivity index (χ4v) is 5.00. The van der Waals surface area contributed by atoms with Crippen molar-refractivity contribution in [3.05, 3.63) is 71.8 Å². The Balaban J connectivity index is 1.75. The van der Waals surface area contributed by atoms with Crippen molar-refractivity contribution < 1.29 is 5.11 Å². The summed E-state index contributed by atoms with van der Waals surface area (Å²) in [6.45, 7) is 5.52. The molecular formula is C22H27NO. The summed E-state index contributed by atoms with van der Waals surface area (Å²) in [5.41, 5.74) is 1.68. The van der Waals surface area contributed by atoms with Crippen molar-refractivity contribution in [2.24, 2.45) is 11.8 Å². The van der Waals surface area contributed by atoms with Gasteiger partial charge in [0, 0.05) is 18.4 Å². The first-order valence-corrected chi connectivity index (χ1v) is 9.21. The van der Waals surface area contributed by atoms with Crippen LogP contribution in [0.5, 0.6) is 0 Å². The molecule has 126 valence electrons. The summed E-state index contributed by atoms with van der Waals surface area (Å²) < 4.78 is 0. The number of benzene rings is 2. The van der Waals surface area contributed by atoms with Crippen LogP contribution in [0, 0.1) is 11.8 Å². The summed E-state index contributed by atoms with van der Waals surface area (Å²) in [7, 11) is 0. The quantitative estimate of drug-likeness (QED) is 0.923. The molecule has 3 aliphatic rings. The molecule has 5 rings (SSSR count). The number of hydrogen-bond acceptors (Lipinski definition) is 2. The molecule has 3 aliphatic heterocycles. The molecule has 3 fully saturated rings. The first kappa shape index (κ1) is 15.9. The second-order valence-electron chi connectivity index (χ2n) is 7.72. The molecule has 0 spiro atoms. The molecule has 0 saturated carbocycles. The van der Waals surface area contributed by atoms with Crippen molar-refractivity contribution in [2.45, 2.75) is 31.3 Å². The molecule has 2 nitrogen and oxygen atoms in total. The number of aliphatic hydroxyl groups is 1. The number of nitrogens with zero attached hydrogens (tertiary/aromatic N) is 1. The standard InChI is InChI=1S/C22H27NO/c1-22(24,20-16-23-14-12-17(20)13-15-23)21(18-8-4-2-5-9-18)19-10-6-3-7-11-19/h2-11,17,20-21,24H,12-16H2,1H3. The van der Waals surface area contributed by atoms with E-state index in [1.54, 1.807) is 0 Å². The maximum absolute atomic E-state index is 11.8. The van der Waals surface area contributed by atoms with E-state index in [2.05, 4.69) is 72.5 Å². The lowest BCUT2D eigenvalue weighted by molar-refractivity contribution is -0.0939. The highest BCUT2D eigenvalue weighted by molar-refractivity contribution is 5.36. The van der Waals surface area contributed by atoms with Gasteiger partial charge in [-0.3, -0.25) is 0 Å². The highest BCUT2D eigenvalue weighted by atomic mass is 16.3. The predicted molar refractivity (Wildman–Crippen MR) is 98.0 cm³/mol. The monoisotopic (exact) mass is 321 g/mol. The molecule has 2 bridgehead atoms. The Hall–Kier alpha value is -1.64. The van der Waals surface area contributed by atoms with Crippen LogP contribution >= 0.6 is 0 Å². The van der Waals surface area contributed by atoms with Gasteiger partial charge in [0.05, 0.1) is 5.60 Å². The zero-order valence-corrected chi connectivity index (χ0v) is 14.4. The van der Waals surface area contributed by atoms with Gasteiger partial charge in [-0.1, -0.05) is 60.7 Å². The molecule has 2 aromatic rings. The molecular weight excluding hydrogens is 294 g/mol. The van der Waals surface area contributed by atoms with E-state index in [9.17, 15) is 5.11 Å². The van der Waals surface area contributed by atoms with Crippen LogP contribution in [0.25, 0.3) is 0 Å². The van der Waals surface area contributed by atoms with E-state index < -0.39 is 5.60 Å². The van der Waals surface area contributed by atoms with E-state index in [1.807, 2.05) is 0 Å². The van der Waals surface area contributed by atoms with Crippen LogP contribution in [0.2, 0.25) is 0 Å². The Morgan fingerprint density at radius 3 is 1.83 bits per heavy atom. The molecule has 1 N–H and O–H groups in total. The van der Waals surface area contributed by atoms with Crippen molar-refractivity contribution in [3.8, 4) is 0 Å². The van der Waals surface area contributed by atoms with Gasteiger partial charge in [0.15, 0.2) is 0 Å². The second kappa shape index (κ2) is 6.34. The lowest BCUT2D eigenvalue weighted by Crippen LogP contribution is -2.57. The molecule has 0 aromatic heterocycles. The minimum atomic E-state index is -0.744. The highest BCUT2D eigenvalue weighted by Crippen LogP contribution is 2.46. The van der Waals surface area contributed by atoms with Crippen LogP contribution in [-0.2, 0) is 0 Å². The number of fused-ring (bicyclic) bond motifs is 3. The van der Waals surface area contributed by atoms with Gasteiger partial charge < -0.3 is 10.0 Å². The molecule has 3 heterocycles. The third kappa shape index (κ3) is 2.78. The summed E-state index contributed by atoms with van der Waals surface area (Å²) in [6.07, 6.45) is 2.47. The Labute approximate surface area is 145 Å². The van der Waals surface area contributed by atoms with Crippen molar-refractivity contribution in [3.63, 3.8) is 0 Å². The molecule has 3 saturated heterocycles. The van der Waals surface area contributed by atoms with Crippen LogP contribution in [0.3, 0.4) is 0 Å². The van der Waals surface area contributed by atoms with E-state index in [4.69, 9.17) is 0 Å². The zero-order chi connectivity index (χ0) is 16.6. The van der Waals surface area contributed by atoms with E-state index >= 15 is 0 Å². The largest absolute Gasteiger partial charge is 0.389 e. The van der Waals surface area contributed by atoms with Crippen molar-refractivity contribution in [2.75, 3.05) is 19.6 Å². The van der Waals surface area contributed by atoms with E-state index in [0.29, 0.717) is 11.8 Å². The summed E-state index contributed by atoms with van der Waals surface area (Å²) in [6, 6.07) is 21.1. The molecule has 0 radical (unpaired) electrons. The minimum absolute atomic E-state index is 0.0189. The van der Waals surface area contributed by atoms with Crippen LogP contribution < -0.4 is 0 Å². The predicted octanol–water partition coefficient (Wildman–Crippen LogP) is 3.91. The maximum atomic E-state index is 11.8. The number of piperidine rings is 3. The topological polar surface area (TPSA) is 23.5 Å². The van der Waals surface area contributed by atoms with E-state index in [0.717, 1.165) is 6.54 Å². The Morgan fingerprint density at radius 1 is 0.917 bits per heavy atom.